The highest BCUT2D eigenvalue weighted by molar-refractivity contribution is 14.1. The summed E-state index contributed by atoms with van der Waals surface area (Å²) in [5, 5.41) is 0.297. The average Bonchev–Trinajstić information content (AvgIpc) is 2.94. The molecule has 0 N–H and O–H groups in total. The summed E-state index contributed by atoms with van der Waals surface area (Å²) in [6.07, 6.45) is 6.82. The Balaban J connectivity index is 1.87. The maximum Gasteiger partial charge on any atom is 0.192 e. The molecule has 0 bridgehead atoms. The highest BCUT2D eigenvalue weighted by Gasteiger charge is 2.47. The van der Waals surface area contributed by atoms with Crippen LogP contribution in [0.4, 0.5) is 0 Å². The van der Waals surface area contributed by atoms with Crippen LogP contribution < -0.4 is 0 Å². The molecular formula is C15H27IO2Si. The lowest BCUT2D eigenvalue weighted by Gasteiger charge is -2.37. The van der Waals surface area contributed by atoms with Gasteiger partial charge in [0.1, 0.15) is 0 Å². The van der Waals surface area contributed by atoms with E-state index in [2.05, 4.69) is 68.6 Å². The molecule has 0 saturated carbocycles. The molecule has 19 heavy (non-hydrogen) atoms. The number of rotatable bonds is 5. The standard InChI is InChI=1S/C15H27IO2Si/c1-15(2,3)19(4,5)17-10-11-7-6-8-12(11)14-13(9-16)18-14/h6-7,11-14H,8-10H2,1-5H3/t11-,12+,13+,14+/m0/s1. The number of alkyl halides is 1. The first-order valence-corrected chi connectivity index (χ1v) is 11.7. The Hall–Kier alpha value is 0.607. The van der Waals surface area contributed by atoms with Crippen molar-refractivity contribution >= 4 is 30.9 Å². The van der Waals surface area contributed by atoms with Gasteiger partial charge in [0.2, 0.25) is 0 Å². The van der Waals surface area contributed by atoms with Crippen LogP contribution in [0, 0.1) is 11.8 Å². The molecule has 1 fully saturated rings. The fourth-order valence-corrected chi connectivity index (χ4v) is 4.21. The molecule has 0 radical (unpaired) electrons. The first-order valence-electron chi connectivity index (χ1n) is 7.28. The van der Waals surface area contributed by atoms with Gasteiger partial charge < -0.3 is 9.16 Å². The second-order valence-corrected chi connectivity index (χ2v) is 13.0. The summed E-state index contributed by atoms with van der Waals surface area (Å²) >= 11 is 2.42. The van der Waals surface area contributed by atoms with Crippen LogP contribution in [0.15, 0.2) is 12.2 Å². The molecule has 1 heterocycles. The lowest BCUT2D eigenvalue weighted by molar-refractivity contribution is 0.194. The third-order valence-corrected chi connectivity index (χ3v) is 10.3. The molecule has 4 atom stereocenters. The topological polar surface area (TPSA) is 21.8 Å². The summed E-state index contributed by atoms with van der Waals surface area (Å²) in [6.45, 7) is 12.5. The molecule has 1 aliphatic heterocycles. The summed E-state index contributed by atoms with van der Waals surface area (Å²) in [7, 11) is -1.62. The largest absolute Gasteiger partial charge is 0.416 e. The number of halogens is 1. The van der Waals surface area contributed by atoms with Crippen LogP contribution in [0.3, 0.4) is 0 Å². The predicted molar refractivity (Wildman–Crippen MR) is 91.4 cm³/mol. The van der Waals surface area contributed by atoms with Gasteiger partial charge in [-0.2, -0.15) is 0 Å². The van der Waals surface area contributed by atoms with Gasteiger partial charge in [0.15, 0.2) is 8.32 Å². The van der Waals surface area contributed by atoms with Crippen molar-refractivity contribution in [3.05, 3.63) is 12.2 Å². The SMILES string of the molecule is CC(C)(C)[Si](C)(C)OC[C@@H]1C=CC[C@H]1[C@H]1O[C@@H]1CI. The Labute approximate surface area is 132 Å². The molecule has 1 aliphatic carbocycles. The summed E-state index contributed by atoms with van der Waals surface area (Å²) < 4.78 is 13.3. The lowest BCUT2D eigenvalue weighted by atomic mass is 9.92. The minimum absolute atomic E-state index is 0.297. The monoisotopic (exact) mass is 394 g/mol. The van der Waals surface area contributed by atoms with Crippen LogP contribution in [0.2, 0.25) is 18.1 Å². The quantitative estimate of drug-likeness (QED) is 0.227. The molecule has 110 valence electrons. The zero-order valence-corrected chi connectivity index (χ0v) is 15.9. The summed E-state index contributed by atoms with van der Waals surface area (Å²) in [4.78, 5) is 0. The van der Waals surface area contributed by atoms with Gasteiger partial charge in [-0.3, -0.25) is 0 Å². The summed E-state index contributed by atoms with van der Waals surface area (Å²) in [5.74, 6) is 1.22. The third kappa shape index (κ3) is 3.63. The maximum absolute atomic E-state index is 6.39. The van der Waals surface area contributed by atoms with E-state index in [0.717, 1.165) is 11.0 Å². The van der Waals surface area contributed by atoms with Gasteiger partial charge in [0, 0.05) is 17.0 Å². The fourth-order valence-electron chi connectivity index (χ4n) is 2.46. The van der Waals surface area contributed by atoms with Gasteiger partial charge >= 0.3 is 0 Å². The molecule has 2 aliphatic rings. The normalized spacial score (nSPS) is 34.8. The van der Waals surface area contributed by atoms with Crippen molar-refractivity contribution in [1.29, 1.82) is 0 Å². The van der Waals surface area contributed by atoms with Gasteiger partial charge in [-0.15, -0.1) is 0 Å². The molecule has 0 spiro atoms. The van der Waals surface area contributed by atoms with Crippen LogP contribution >= 0.6 is 22.6 Å². The van der Waals surface area contributed by atoms with Crippen molar-refractivity contribution in [3.8, 4) is 0 Å². The Morgan fingerprint density at radius 2 is 2.05 bits per heavy atom. The second kappa shape index (κ2) is 5.77. The van der Waals surface area contributed by atoms with E-state index in [1.54, 1.807) is 0 Å². The van der Waals surface area contributed by atoms with E-state index in [1.807, 2.05) is 0 Å². The van der Waals surface area contributed by atoms with E-state index in [1.165, 1.54) is 6.42 Å². The first kappa shape index (κ1) is 16.0. The molecular weight excluding hydrogens is 367 g/mol. The minimum Gasteiger partial charge on any atom is -0.416 e. The Morgan fingerprint density at radius 1 is 1.37 bits per heavy atom. The Kier molecular flexibility index (Phi) is 4.86. The maximum atomic E-state index is 6.39. The zero-order chi connectivity index (χ0) is 14.3. The van der Waals surface area contributed by atoms with Crippen molar-refractivity contribution in [2.45, 2.75) is 57.5 Å². The number of hydrogen-bond acceptors (Lipinski definition) is 2. The van der Waals surface area contributed by atoms with Crippen molar-refractivity contribution in [2.75, 3.05) is 11.0 Å². The average molecular weight is 394 g/mol. The lowest BCUT2D eigenvalue weighted by Crippen LogP contribution is -2.42. The van der Waals surface area contributed by atoms with Gasteiger partial charge in [0.25, 0.3) is 0 Å². The number of allylic oxidation sites excluding steroid dienone is 1. The van der Waals surface area contributed by atoms with Gasteiger partial charge in [-0.1, -0.05) is 55.5 Å². The number of epoxide rings is 1. The smallest absolute Gasteiger partial charge is 0.192 e. The molecule has 2 nitrogen and oxygen atoms in total. The highest BCUT2D eigenvalue weighted by Crippen LogP contribution is 2.42. The predicted octanol–water partition coefficient (Wildman–Crippen LogP) is 4.40. The van der Waals surface area contributed by atoms with E-state index < -0.39 is 8.32 Å². The second-order valence-electron chi connectivity index (χ2n) is 7.36. The summed E-state index contributed by atoms with van der Waals surface area (Å²) in [6, 6.07) is 0. The van der Waals surface area contributed by atoms with E-state index in [4.69, 9.17) is 9.16 Å². The molecule has 0 amide bonds. The van der Waals surface area contributed by atoms with Crippen LogP contribution in [-0.2, 0) is 9.16 Å². The molecule has 0 aromatic heterocycles. The van der Waals surface area contributed by atoms with Gasteiger partial charge in [0.05, 0.1) is 12.2 Å². The van der Waals surface area contributed by atoms with Crippen molar-refractivity contribution in [2.24, 2.45) is 11.8 Å². The van der Waals surface area contributed by atoms with Crippen LogP contribution in [0.25, 0.3) is 0 Å². The molecule has 0 aromatic rings. The molecule has 2 rings (SSSR count). The van der Waals surface area contributed by atoms with Crippen LogP contribution in [-0.4, -0.2) is 31.6 Å². The molecule has 1 saturated heterocycles. The molecule has 0 unspecified atom stereocenters. The zero-order valence-electron chi connectivity index (χ0n) is 12.8. The van der Waals surface area contributed by atoms with Crippen molar-refractivity contribution < 1.29 is 9.16 Å². The van der Waals surface area contributed by atoms with E-state index in [9.17, 15) is 0 Å². The Bertz CT molecular complexity index is 349. The van der Waals surface area contributed by atoms with Crippen molar-refractivity contribution in [1.82, 2.24) is 0 Å². The number of hydrogen-bond donors (Lipinski definition) is 0. The van der Waals surface area contributed by atoms with E-state index >= 15 is 0 Å². The van der Waals surface area contributed by atoms with Crippen LogP contribution in [0.1, 0.15) is 27.2 Å². The summed E-state index contributed by atoms with van der Waals surface area (Å²) in [5.41, 5.74) is 0. The Morgan fingerprint density at radius 3 is 2.58 bits per heavy atom. The minimum atomic E-state index is -1.62. The highest BCUT2D eigenvalue weighted by atomic mass is 127. The van der Waals surface area contributed by atoms with E-state index in [0.29, 0.717) is 29.1 Å². The molecule has 4 heteroatoms. The van der Waals surface area contributed by atoms with Crippen LogP contribution in [0.5, 0.6) is 0 Å². The fraction of sp³-hybridized carbons (Fsp3) is 0.867. The molecule has 0 aromatic carbocycles. The third-order valence-electron chi connectivity index (χ3n) is 4.98. The van der Waals surface area contributed by atoms with Gasteiger partial charge in [-0.25, -0.2) is 0 Å². The van der Waals surface area contributed by atoms with E-state index in [-0.39, 0.29) is 0 Å². The first-order chi connectivity index (χ1) is 8.76. The van der Waals surface area contributed by atoms with Gasteiger partial charge in [-0.05, 0) is 30.5 Å². The van der Waals surface area contributed by atoms with Crippen molar-refractivity contribution in [3.63, 3.8) is 0 Å². The number of ether oxygens (including phenoxy) is 1.